The third-order valence-electron chi connectivity index (χ3n) is 4.19. The average molecular weight is 238 g/mol. The number of amides is 3. The van der Waals surface area contributed by atoms with E-state index in [1.807, 2.05) is 0 Å². The van der Waals surface area contributed by atoms with Crippen LogP contribution in [0.25, 0.3) is 0 Å². The lowest BCUT2D eigenvalue weighted by Gasteiger charge is -2.29. The summed E-state index contributed by atoms with van der Waals surface area (Å²) in [5, 5.41) is 9.50. The molecule has 1 unspecified atom stereocenters. The van der Waals surface area contributed by atoms with Crippen molar-refractivity contribution in [2.75, 3.05) is 6.54 Å². The summed E-state index contributed by atoms with van der Waals surface area (Å²) in [5.41, 5.74) is 0. The number of aliphatic hydroxyl groups is 1. The fraction of sp³-hybridized carbons (Fsp3) is 0.833. The van der Waals surface area contributed by atoms with Crippen LogP contribution in [0.5, 0.6) is 0 Å². The molecule has 3 fully saturated rings. The van der Waals surface area contributed by atoms with Gasteiger partial charge in [0, 0.05) is 19.0 Å². The SMILES string of the molecule is O=C1C2C[C@@H](O)CN2C(=O)N1C1CCCCC1. The standard InChI is InChI=1S/C12H18N2O3/c15-9-6-10-11(16)14(12(17)13(10)7-9)8-4-2-1-3-5-8/h8-10,15H,1-7H2/t9-,10?/m1/s1. The van der Waals surface area contributed by atoms with Crippen molar-refractivity contribution in [3.8, 4) is 0 Å². The summed E-state index contributed by atoms with van der Waals surface area (Å²) in [6, 6.07) is -0.464. The van der Waals surface area contributed by atoms with E-state index < -0.39 is 6.10 Å². The van der Waals surface area contributed by atoms with Crippen LogP contribution in [0.2, 0.25) is 0 Å². The van der Waals surface area contributed by atoms with Gasteiger partial charge in [-0.3, -0.25) is 9.69 Å². The van der Waals surface area contributed by atoms with Crippen LogP contribution in [0.15, 0.2) is 0 Å². The lowest BCUT2D eigenvalue weighted by molar-refractivity contribution is -0.130. The molecule has 17 heavy (non-hydrogen) atoms. The predicted octanol–water partition coefficient (Wildman–Crippen LogP) is 0.716. The summed E-state index contributed by atoms with van der Waals surface area (Å²) in [5.74, 6) is -0.0848. The first-order valence-electron chi connectivity index (χ1n) is 6.50. The van der Waals surface area contributed by atoms with Gasteiger partial charge in [0.05, 0.1) is 6.10 Å². The second-order valence-electron chi connectivity index (χ2n) is 5.34. The maximum absolute atomic E-state index is 12.2. The lowest BCUT2D eigenvalue weighted by atomic mass is 9.94. The molecule has 2 aliphatic heterocycles. The first-order valence-corrected chi connectivity index (χ1v) is 6.50. The number of aliphatic hydroxyl groups excluding tert-OH is 1. The number of carbonyl (C=O) groups excluding carboxylic acids is 2. The Morgan fingerprint density at radius 3 is 2.47 bits per heavy atom. The summed E-state index contributed by atoms with van der Waals surface area (Å²) in [7, 11) is 0. The summed E-state index contributed by atoms with van der Waals surface area (Å²) in [6.45, 7) is 0.318. The fourth-order valence-corrected chi connectivity index (χ4v) is 3.33. The van der Waals surface area contributed by atoms with Crippen LogP contribution in [0.1, 0.15) is 38.5 Å². The van der Waals surface area contributed by atoms with Gasteiger partial charge in [-0.15, -0.1) is 0 Å². The molecule has 0 aromatic carbocycles. The third kappa shape index (κ3) is 1.64. The van der Waals surface area contributed by atoms with Gasteiger partial charge in [0.1, 0.15) is 6.04 Å². The third-order valence-corrected chi connectivity index (χ3v) is 4.19. The van der Waals surface area contributed by atoms with Crippen LogP contribution in [0.3, 0.4) is 0 Å². The zero-order chi connectivity index (χ0) is 12.0. The van der Waals surface area contributed by atoms with Crippen LogP contribution < -0.4 is 0 Å². The van der Waals surface area contributed by atoms with E-state index in [2.05, 4.69) is 0 Å². The molecule has 0 radical (unpaired) electrons. The largest absolute Gasteiger partial charge is 0.391 e. The number of imide groups is 1. The Morgan fingerprint density at radius 1 is 1.12 bits per heavy atom. The van der Waals surface area contributed by atoms with Crippen molar-refractivity contribution in [3.05, 3.63) is 0 Å². The molecule has 3 aliphatic rings. The van der Waals surface area contributed by atoms with Crippen LogP contribution in [-0.4, -0.2) is 51.6 Å². The Bertz CT molecular complexity index is 328. The van der Waals surface area contributed by atoms with Crippen LogP contribution in [0, 0.1) is 0 Å². The highest BCUT2D eigenvalue weighted by Gasteiger charge is 2.52. The molecule has 5 nitrogen and oxygen atoms in total. The van der Waals surface area contributed by atoms with E-state index in [1.165, 1.54) is 11.3 Å². The molecule has 0 bridgehead atoms. The Morgan fingerprint density at radius 2 is 1.82 bits per heavy atom. The Kier molecular flexibility index (Phi) is 2.58. The van der Waals surface area contributed by atoms with Gasteiger partial charge in [0.25, 0.3) is 5.91 Å². The Hall–Kier alpha value is -1.10. The second kappa shape index (κ2) is 3.98. The first-order chi connectivity index (χ1) is 8.18. The monoisotopic (exact) mass is 238 g/mol. The molecule has 3 amide bonds. The van der Waals surface area contributed by atoms with E-state index in [1.54, 1.807) is 4.90 Å². The van der Waals surface area contributed by atoms with Crippen LogP contribution >= 0.6 is 0 Å². The van der Waals surface area contributed by atoms with Gasteiger partial charge in [-0.25, -0.2) is 4.79 Å². The minimum absolute atomic E-state index is 0.0848. The summed E-state index contributed by atoms with van der Waals surface area (Å²) >= 11 is 0. The summed E-state index contributed by atoms with van der Waals surface area (Å²) in [6.07, 6.45) is 5.19. The van der Waals surface area contributed by atoms with Gasteiger partial charge in [-0.2, -0.15) is 0 Å². The number of hydrogen-bond acceptors (Lipinski definition) is 3. The molecule has 2 atom stereocenters. The molecule has 2 saturated heterocycles. The molecule has 94 valence electrons. The molecule has 1 N–H and O–H groups in total. The summed E-state index contributed by atoms with van der Waals surface area (Å²) in [4.78, 5) is 27.4. The van der Waals surface area contributed by atoms with Gasteiger partial charge in [0.15, 0.2) is 0 Å². The van der Waals surface area contributed by atoms with E-state index in [-0.39, 0.29) is 24.0 Å². The van der Waals surface area contributed by atoms with Crippen molar-refractivity contribution in [3.63, 3.8) is 0 Å². The fourth-order valence-electron chi connectivity index (χ4n) is 3.33. The number of hydrogen-bond donors (Lipinski definition) is 1. The van der Waals surface area contributed by atoms with Gasteiger partial charge in [-0.05, 0) is 12.8 Å². The molecule has 0 spiro atoms. The molecular weight excluding hydrogens is 220 g/mol. The predicted molar refractivity (Wildman–Crippen MR) is 60.2 cm³/mol. The zero-order valence-corrected chi connectivity index (χ0v) is 9.84. The number of fused-ring (bicyclic) bond motifs is 1. The van der Waals surface area contributed by atoms with Crippen LogP contribution in [0.4, 0.5) is 4.79 Å². The van der Waals surface area contributed by atoms with Crippen molar-refractivity contribution < 1.29 is 14.7 Å². The average Bonchev–Trinajstić information content (AvgIpc) is 2.81. The maximum atomic E-state index is 12.2. The van der Waals surface area contributed by atoms with Crippen molar-refractivity contribution in [1.29, 1.82) is 0 Å². The minimum Gasteiger partial charge on any atom is -0.391 e. The van der Waals surface area contributed by atoms with Crippen molar-refractivity contribution >= 4 is 11.9 Å². The van der Waals surface area contributed by atoms with Gasteiger partial charge in [-0.1, -0.05) is 19.3 Å². The van der Waals surface area contributed by atoms with Crippen molar-refractivity contribution in [2.24, 2.45) is 0 Å². The normalized spacial score (nSPS) is 34.6. The molecule has 0 aromatic rings. The number of carbonyl (C=O) groups is 2. The molecule has 2 heterocycles. The maximum Gasteiger partial charge on any atom is 0.327 e. The zero-order valence-electron chi connectivity index (χ0n) is 9.84. The van der Waals surface area contributed by atoms with E-state index in [0.29, 0.717) is 13.0 Å². The summed E-state index contributed by atoms with van der Waals surface area (Å²) < 4.78 is 0. The van der Waals surface area contributed by atoms with E-state index in [4.69, 9.17) is 0 Å². The highest BCUT2D eigenvalue weighted by atomic mass is 16.3. The van der Waals surface area contributed by atoms with Gasteiger partial charge in [0.2, 0.25) is 0 Å². The van der Waals surface area contributed by atoms with Crippen molar-refractivity contribution in [2.45, 2.75) is 56.7 Å². The first kappa shape index (κ1) is 11.0. The topological polar surface area (TPSA) is 60.9 Å². The van der Waals surface area contributed by atoms with Crippen LogP contribution in [-0.2, 0) is 4.79 Å². The molecule has 0 aromatic heterocycles. The lowest BCUT2D eigenvalue weighted by Crippen LogP contribution is -2.43. The van der Waals surface area contributed by atoms with Crippen molar-refractivity contribution in [1.82, 2.24) is 9.80 Å². The van der Waals surface area contributed by atoms with Gasteiger partial charge >= 0.3 is 6.03 Å². The highest BCUT2D eigenvalue weighted by molar-refractivity contribution is 6.05. The molecule has 3 rings (SSSR count). The van der Waals surface area contributed by atoms with E-state index in [0.717, 1.165) is 25.7 Å². The Labute approximate surface area is 100 Å². The van der Waals surface area contributed by atoms with E-state index in [9.17, 15) is 14.7 Å². The molecule has 1 saturated carbocycles. The van der Waals surface area contributed by atoms with Gasteiger partial charge < -0.3 is 10.0 Å². The molecule has 5 heteroatoms. The molecular formula is C12H18N2O3. The minimum atomic E-state index is -0.526. The van der Waals surface area contributed by atoms with E-state index >= 15 is 0 Å². The number of rotatable bonds is 1. The molecule has 1 aliphatic carbocycles. The highest BCUT2D eigenvalue weighted by Crippen LogP contribution is 2.33. The second-order valence-corrected chi connectivity index (χ2v) is 5.34. The number of urea groups is 1. The quantitative estimate of drug-likeness (QED) is 0.685. The number of nitrogens with zero attached hydrogens (tertiary/aromatic N) is 2. The smallest absolute Gasteiger partial charge is 0.327 e. The Balaban J connectivity index is 1.79.